The van der Waals surface area contributed by atoms with Gasteiger partial charge in [-0.15, -0.1) is 5.10 Å². The molecule has 0 aliphatic rings. The minimum Gasteiger partial charge on any atom is -0.353 e. The first kappa shape index (κ1) is 12.4. The van der Waals surface area contributed by atoms with Gasteiger partial charge in [0.1, 0.15) is 0 Å². The number of hydrogen-bond acceptors (Lipinski definition) is 3. The fraction of sp³-hybridized carbons (Fsp3) is 0.500. The highest BCUT2D eigenvalue weighted by molar-refractivity contribution is 9.10. The average molecular weight is 297 g/mol. The number of fused-ring (bicyclic) bond motifs is 1. The van der Waals surface area contributed by atoms with Gasteiger partial charge < -0.3 is 5.32 Å². The van der Waals surface area contributed by atoms with Crippen molar-refractivity contribution in [3.63, 3.8) is 0 Å². The first-order valence-corrected chi connectivity index (χ1v) is 6.78. The lowest BCUT2D eigenvalue weighted by atomic mass is 10.0. The molecule has 0 saturated heterocycles. The van der Waals surface area contributed by atoms with E-state index in [0.29, 0.717) is 11.9 Å². The fourth-order valence-corrected chi connectivity index (χ4v) is 2.18. The van der Waals surface area contributed by atoms with Gasteiger partial charge in [-0.2, -0.15) is 4.98 Å². The van der Waals surface area contributed by atoms with E-state index in [4.69, 9.17) is 0 Å². The van der Waals surface area contributed by atoms with Crippen LogP contribution in [-0.2, 0) is 0 Å². The van der Waals surface area contributed by atoms with Crippen LogP contribution in [0.5, 0.6) is 0 Å². The van der Waals surface area contributed by atoms with Gasteiger partial charge in [0.15, 0.2) is 5.65 Å². The van der Waals surface area contributed by atoms with E-state index in [9.17, 15) is 0 Å². The molecule has 0 bridgehead atoms. The van der Waals surface area contributed by atoms with Crippen molar-refractivity contribution >= 4 is 27.5 Å². The quantitative estimate of drug-likeness (QED) is 0.920. The first-order chi connectivity index (χ1) is 8.24. The summed E-state index contributed by atoms with van der Waals surface area (Å²) in [5.74, 6) is 1.38. The third-order valence-electron chi connectivity index (χ3n) is 3.02. The molecule has 2 aromatic rings. The Balaban J connectivity index is 2.12. The van der Waals surface area contributed by atoms with Crippen molar-refractivity contribution in [2.45, 2.75) is 26.7 Å². The van der Waals surface area contributed by atoms with Crippen molar-refractivity contribution in [3.05, 3.63) is 22.8 Å². The molecule has 0 saturated carbocycles. The second-order valence-corrected chi connectivity index (χ2v) is 4.98. The van der Waals surface area contributed by atoms with Gasteiger partial charge in [-0.25, -0.2) is 4.52 Å². The van der Waals surface area contributed by atoms with E-state index in [1.807, 2.05) is 18.3 Å². The summed E-state index contributed by atoms with van der Waals surface area (Å²) in [6.45, 7) is 5.36. The number of nitrogens with zero attached hydrogens (tertiary/aromatic N) is 3. The van der Waals surface area contributed by atoms with Crippen LogP contribution < -0.4 is 5.32 Å². The predicted molar refractivity (Wildman–Crippen MR) is 73.2 cm³/mol. The van der Waals surface area contributed by atoms with E-state index in [1.54, 1.807) is 4.52 Å². The molecule has 0 amide bonds. The zero-order valence-electron chi connectivity index (χ0n) is 10.2. The molecule has 2 rings (SSSR count). The summed E-state index contributed by atoms with van der Waals surface area (Å²) < 4.78 is 2.74. The molecule has 1 N–H and O–H groups in total. The molecule has 4 nitrogen and oxygen atoms in total. The number of anilines is 1. The van der Waals surface area contributed by atoms with Crippen molar-refractivity contribution < 1.29 is 0 Å². The van der Waals surface area contributed by atoms with Gasteiger partial charge in [-0.3, -0.25) is 0 Å². The van der Waals surface area contributed by atoms with E-state index >= 15 is 0 Å². The average Bonchev–Trinajstić information content (AvgIpc) is 2.75. The van der Waals surface area contributed by atoms with Crippen molar-refractivity contribution in [2.75, 3.05) is 11.9 Å². The molecular weight excluding hydrogens is 280 g/mol. The van der Waals surface area contributed by atoms with E-state index in [0.717, 1.165) is 16.7 Å². The van der Waals surface area contributed by atoms with Crippen LogP contribution in [0.1, 0.15) is 26.7 Å². The Morgan fingerprint density at radius 2 is 2.18 bits per heavy atom. The van der Waals surface area contributed by atoms with Gasteiger partial charge in [0.25, 0.3) is 0 Å². The van der Waals surface area contributed by atoms with E-state index in [1.165, 1.54) is 12.8 Å². The SMILES string of the molecule is CCC(CC)CNc1nc2c(Br)cccn2n1. The summed E-state index contributed by atoms with van der Waals surface area (Å²) >= 11 is 3.47. The van der Waals surface area contributed by atoms with Crippen LogP contribution in [0.15, 0.2) is 22.8 Å². The molecule has 0 aliphatic heterocycles. The van der Waals surface area contributed by atoms with Gasteiger partial charge >= 0.3 is 0 Å². The van der Waals surface area contributed by atoms with E-state index < -0.39 is 0 Å². The zero-order chi connectivity index (χ0) is 12.3. The maximum absolute atomic E-state index is 4.45. The predicted octanol–water partition coefficient (Wildman–Crippen LogP) is 3.34. The van der Waals surface area contributed by atoms with Crippen LogP contribution in [-0.4, -0.2) is 21.1 Å². The topological polar surface area (TPSA) is 42.2 Å². The highest BCUT2D eigenvalue weighted by atomic mass is 79.9. The maximum Gasteiger partial charge on any atom is 0.243 e. The molecule has 2 heterocycles. The van der Waals surface area contributed by atoms with Gasteiger partial charge in [0.2, 0.25) is 5.95 Å². The maximum atomic E-state index is 4.45. The van der Waals surface area contributed by atoms with Crippen LogP contribution in [0.25, 0.3) is 5.65 Å². The summed E-state index contributed by atoms with van der Waals surface area (Å²) in [7, 11) is 0. The number of hydrogen-bond donors (Lipinski definition) is 1. The lowest BCUT2D eigenvalue weighted by Gasteiger charge is -2.11. The fourth-order valence-electron chi connectivity index (χ4n) is 1.76. The van der Waals surface area contributed by atoms with Crippen LogP contribution in [0.3, 0.4) is 0 Å². The molecule has 5 heteroatoms. The third-order valence-corrected chi connectivity index (χ3v) is 3.64. The summed E-state index contributed by atoms with van der Waals surface area (Å²) in [6.07, 6.45) is 4.26. The van der Waals surface area contributed by atoms with Crippen molar-refractivity contribution in [1.82, 2.24) is 14.6 Å². The minimum atomic E-state index is 0.685. The van der Waals surface area contributed by atoms with Crippen LogP contribution >= 0.6 is 15.9 Å². The van der Waals surface area contributed by atoms with Crippen LogP contribution in [0.2, 0.25) is 0 Å². The van der Waals surface area contributed by atoms with E-state index in [2.05, 4.69) is 45.2 Å². The molecular formula is C12H17BrN4. The van der Waals surface area contributed by atoms with Crippen molar-refractivity contribution in [2.24, 2.45) is 5.92 Å². The second-order valence-electron chi connectivity index (χ2n) is 4.12. The largest absolute Gasteiger partial charge is 0.353 e. The first-order valence-electron chi connectivity index (χ1n) is 5.99. The molecule has 0 radical (unpaired) electrons. The van der Waals surface area contributed by atoms with Crippen molar-refractivity contribution in [3.8, 4) is 0 Å². The number of pyridine rings is 1. The molecule has 92 valence electrons. The highest BCUT2D eigenvalue weighted by Crippen LogP contribution is 2.17. The highest BCUT2D eigenvalue weighted by Gasteiger charge is 2.08. The molecule has 0 spiro atoms. The monoisotopic (exact) mass is 296 g/mol. The second kappa shape index (κ2) is 5.49. The van der Waals surface area contributed by atoms with Gasteiger partial charge in [-0.05, 0) is 34.0 Å². The molecule has 0 aliphatic carbocycles. The Hall–Kier alpha value is -1.10. The molecule has 0 fully saturated rings. The number of rotatable bonds is 5. The van der Waals surface area contributed by atoms with E-state index in [-0.39, 0.29) is 0 Å². The summed E-state index contributed by atoms with van der Waals surface area (Å²) in [4.78, 5) is 4.45. The number of aromatic nitrogens is 3. The smallest absolute Gasteiger partial charge is 0.243 e. The Morgan fingerprint density at radius 3 is 2.82 bits per heavy atom. The Labute approximate surface area is 110 Å². The van der Waals surface area contributed by atoms with Gasteiger partial charge in [-0.1, -0.05) is 26.7 Å². The lowest BCUT2D eigenvalue weighted by molar-refractivity contribution is 0.517. The standard InChI is InChI=1S/C12H17BrN4/c1-3-9(4-2)8-14-12-15-11-10(13)6-5-7-17(11)16-12/h5-7,9H,3-4,8H2,1-2H3,(H,14,16). The number of nitrogens with one attached hydrogen (secondary N) is 1. The van der Waals surface area contributed by atoms with Crippen molar-refractivity contribution in [1.29, 1.82) is 0 Å². The molecule has 0 aromatic carbocycles. The minimum absolute atomic E-state index is 0.685. The molecule has 17 heavy (non-hydrogen) atoms. The van der Waals surface area contributed by atoms with Gasteiger partial charge in [0, 0.05) is 12.7 Å². The Bertz CT molecular complexity index is 490. The van der Waals surface area contributed by atoms with Crippen LogP contribution in [0.4, 0.5) is 5.95 Å². The third kappa shape index (κ3) is 2.77. The normalized spacial score (nSPS) is 11.3. The van der Waals surface area contributed by atoms with Crippen LogP contribution in [0, 0.1) is 5.92 Å². The zero-order valence-corrected chi connectivity index (χ0v) is 11.7. The summed E-state index contributed by atoms with van der Waals surface area (Å²) in [5.41, 5.74) is 0.847. The van der Waals surface area contributed by atoms with Gasteiger partial charge in [0.05, 0.1) is 4.47 Å². The Morgan fingerprint density at radius 1 is 1.41 bits per heavy atom. The summed E-state index contributed by atoms with van der Waals surface area (Å²) in [6, 6.07) is 3.91. The summed E-state index contributed by atoms with van der Waals surface area (Å²) in [5, 5.41) is 7.68. The Kier molecular flexibility index (Phi) is 3.99. The molecule has 0 unspecified atom stereocenters. The lowest BCUT2D eigenvalue weighted by Crippen LogP contribution is -2.13. The number of halogens is 1. The molecule has 2 aromatic heterocycles. The molecule has 0 atom stereocenters.